The highest BCUT2D eigenvalue weighted by Crippen LogP contribution is 2.32. The summed E-state index contributed by atoms with van der Waals surface area (Å²) in [7, 11) is 1.83. The van der Waals surface area contributed by atoms with E-state index >= 15 is 0 Å². The van der Waals surface area contributed by atoms with Crippen molar-refractivity contribution in [2.75, 3.05) is 27.0 Å². The van der Waals surface area contributed by atoms with Crippen LogP contribution in [0, 0.1) is 0 Å². The molecule has 2 aliphatic rings. The lowest BCUT2D eigenvalue weighted by Gasteiger charge is -2.25. The maximum absolute atomic E-state index is 12.4. The van der Waals surface area contributed by atoms with Gasteiger partial charge in [0.15, 0.2) is 11.5 Å². The second-order valence-corrected chi connectivity index (χ2v) is 5.57. The van der Waals surface area contributed by atoms with E-state index in [0.29, 0.717) is 29.7 Å². The normalized spacial score (nSPS) is 20.3. The van der Waals surface area contributed by atoms with Crippen LogP contribution in [0.1, 0.15) is 36.0 Å². The van der Waals surface area contributed by atoms with E-state index in [4.69, 9.17) is 14.2 Å². The molecule has 0 saturated carbocycles. The van der Waals surface area contributed by atoms with Crippen LogP contribution < -0.4 is 9.47 Å². The number of carbonyl (C=O) groups excluding carboxylic acids is 1. The summed E-state index contributed by atoms with van der Waals surface area (Å²) in [5.74, 6) is 1.35. The van der Waals surface area contributed by atoms with Gasteiger partial charge in [0.1, 0.15) is 0 Å². The maximum atomic E-state index is 12.4. The lowest BCUT2D eigenvalue weighted by molar-refractivity contribution is 0.00709. The van der Waals surface area contributed by atoms with Crippen LogP contribution in [0.5, 0.6) is 11.5 Å². The van der Waals surface area contributed by atoms with Gasteiger partial charge in [-0.3, -0.25) is 4.79 Å². The minimum absolute atomic E-state index is 0.00381. The molecular weight excluding hydrogens is 270 g/mol. The van der Waals surface area contributed by atoms with Crippen LogP contribution in [0.15, 0.2) is 18.2 Å². The average molecular weight is 291 g/mol. The smallest absolute Gasteiger partial charge is 0.253 e. The van der Waals surface area contributed by atoms with Crippen LogP contribution in [0.3, 0.4) is 0 Å². The molecule has 0 spiro atoms. The first-order valence-corrected chi connectivity index (χ1v) is 7.51. The van der Waals surface area contributed by atoms with Crippen molar-refractivity contribution in [2.45, 2.75) is 31.8 Å². The molecule has 1 fully saturated rings. The average Bonchev–Trinajstić information content (AvgIpc) is 3.00. The van der Waals surface area contributed by atoms with Crippen molar-refractivity contribution in [3.8, 4) is 11.5 Å². The monoisotopic (exact) mass is 291 g/mol. The van der Waals surface area contributed by atoms with Gasteiger partial charge in [-0.1, -0.05) is 0 Å². The molecule has 0 N–H and O–H groups in total. The summed E-state index contributed by atoms with van der Waals surface area (Å²) in [6.45, 7) is 1.78. The van der Waals surface area contributed by atoms with Crippen molar-refractivity contribution in [2.24, 2.45) is 0 Å². The molecule has 3 rings (SSSR count). The molecule has 0 bridgehead atoms. The van der Waals surface area contributed by atoms with Crippen LogP contribution in [0.2, 0.25) is 0 Å². The molecule has 0 radical (unpaired) electrons. The zero-order chi connectivity index (χ0) is 14.7. The Bertz CT molecular complexity index is 511. The standard InChI is InChI=1S/C16H21NO4/c1-17(8-7-13-4-2-3-9-19-13)16(18)12-5-6-14-15(10-12)21-11-20-14/h5-6,10,13H,2-4,7-9,11H2,1H3. The second-order valence-electron chi connectivity index (χ2n) is 5.57. The van der Waals surface area contributed by atoms with Crippen molar-refractivity contribution >= 4 is 5.91 Å². The predicted octanol–water partition coefficient (Wildman–Crippen LogP) is 2.45. The lowest BCUT2D eigenvalue weighted by atomic mass is 10.1. The minimum Gasteiger partial charge on any atom is -0.454 e. The third kappa shape index (κ3) is 3.29. The SMILES string of the molecule is CN(CCC1CCCCO1)C(=O)c1ccc2c(c1)OCO2. The number of carbonyl (C=O) groups is 1. The van der Waals surface area contributed by atoms with E-state index in [-0.39, 0.29) is 12.7 Å². The van der Waals surface area contributed by atoms with Crippen LogP contribution in [0.25, 0.3) is 0 Å². The number of rotatable bonds is 4. The van der Waals surface area contributed by atoms with Crippen molar-refractivity contribution in [1.29, 1.82) is 0 Å². The fourth-order valence-corrected chi connectivity index (χ4v) is 2.72. The first-order valence-electron chi connectivity index (χ1n) is 7.51. The summed E-state index contributed by atoms with van der Waals surface area (Å²) < 4.78 is 16.3. The largest absolute Gasteiger partial charge is 0.454 e. The number of benzene rings is 1. The second kappa shape index (κ2) is 6.35. The molecule has 5 heteroatoms. The minimum atomic E-state index is 0.00381. The van der Waals surface area contributed by atoms with E-state index in [9.17, 15) is 4.79 Å². The van der Waals surface area contributed by atoms with Gasteiger partial charge >= 0.3 is 0 Å². The number of ether oxygens (including phenoxy) is 3. The Morgan fingerprint density at radius 2 is 2.14 bits per heavy atom. The van der Waals surface area contributed by atoms with E-state index < -0.39 is 0 Å². The first-order chi connectivity index (χ1) is 10.2. The van der Waals surface area contributed by atoms with Crippen LogP contribution in [-0.2, 0) is 4.74 Å². The third-order valence-electron chi connectivity index (χ3n) is 4.03. The van der Waals surface area contributed by atoms with E-state index in [1.165, 1.54) is 6.42 Å². The molecule has 1 unspecified atom stereocenters. The summed E-state index contributed by atoms with van der Waals surface area (Å²) >= 11 is 0. The van der Waals surface area contributed by atoms with Crippen LogP contribution in [-0.4, -0.2) is 43.9 Å². The van der Waals surface area contributed by atoms with E-state index in [2.05, 4.69) is 0 Å². The van der Waals surface area contributed by atoms with Gasteiger partial charge in [0.2, 0.25) is 6.79 Å². The van der Waals surface area contributed by atoms with Gasteiger partial charge in [-0.2, -0.15) is 0 Å². The zero-order valence-electron chi connectivity index (χ0n) is 12.3. The summed E-state index contributed by atoms with van der Waals surface area (Å²) in [4.78, 5) is 14.2. The molecule has 0 aliphatic carbocycles. The maximum Gasteiger partial charge on any atom is 0.253 e. The zero-order valence-corrected chi connectivity index (χ0v) is 12.3. The molecule has 1 aromatic rings. The first kappa shape index (κ1) is 14.2. The highest BCUT2D eigenvalue weighted by molar-refractivity contribution is 5.94. The van der Waals surface area contributed by atoms with Crippen molar-refractivity contribution in [1.82, 2.24) is 4.90 Å². The van der Waals surface area contributed by atoms with Crippen molar-refractivity contribution < 1.29 is 19.0 Å². The summed E-state index contributed by atoms with van der Waals surface area (Å²) in [5.41, 5.74) is 0.631. The van der Waals surface area contributed by atoms with Gasteiger partial charge in [-0.05, 0) is 43.9 Å². The fourth-order valence-electron chi connectivity index (χ4n) is 2.72. The van der Waals surface area contributed by atoms with Gasteiger partial charge in [-0.15, -0.1) is 0 Å². The summed E-state index contributed by atoms with van der Waals surface area (Å²) in [6, 6.07) is 5.31. The molecule has 0 aromatic heterocycles. The highest BCUT2D eigenvalue weighted by Gasteiger charge is 2.20. The van der Waals surface area contributed by atoms with Crippen LogP contribution >= 0.6 is 0 Å². The van der Waals surface area contributed by atoms with E-state index in [1.807, 2.05) is 7.05 Å². The number of fused-ring (bicyclic) bond motifs is 1. The Hall–Kier alpha value is -1.75. The molecule has 1 aromatic carbocycles. The molecule has 1 atom stereocenters. The molecule has 5 nitrogen and oxygen atoms in total. The Morgan fingerprint density at radius 1 is 1.29 bits per heavy atom. The molecular formula is C16H21NO4. The summed E-state index contributed by atoms with van der Waals surface area (Å²) in [5, 5.41) is 0. The van der Waals surface area contributed by atoms with Gasteiger partial charge in [0.25, 0.3) is 5.91 Å². The number of amides is 1. The van der Waals surface area contributed by atoms with E-state index in [0.717, 1.165) is 25.9 Å². The van der Waals surface area contributed by atoms with E-state index in [1.54, 1.807) is 23.1 Å². The Balaban J connectivity index is 1.56. The fraction of sp³-hybridized carbons (Fsp3) is 0.562. The molecule has 2 heterocycles. The highest BCUT2D eigenvalue weighted by atomic mass is 16.7. The van der Waals surface area contributed by atoms with Gasteiger partial charge in [0, 0.05) is 25.8 Å². The molecule has 21 heavy (non-hydrogen) atoms. The predicted molar refractivity (Wildman–Crippen MR) is 77.7 cm³/mol. The topological polar surface area (TPSA) is 48.0 Å². The van der Waals surface area contributed by atoms with Gasteiger partial charge in [0.05, 0.1) is 6.10 Å². The van der Waals surface area contributed by atoms with Gasteiger partial charge in [-0.25, -0.2) is 0 Å². The van der Waals surface area contributed by atoms with Crippen molar-refractivity contribution in [3.63, 3.8) is 0 Å². The Labute approximate surface area is 124 Å². The van der Waals surface area contributed by atoms with Crippen LogP contribution in [0.4, 0.5) is 0 Å². The van der Waals surface area contributed by atoms with Gasteiger partial charge < -0.3 is 19.1 Å². The number of nitrogens with zero attached hydrogens (tertiary/aromatic N) is 1. The number of hydrogen-bond acceptors (Lipinski definition) is 4. The van der Waals surface area contributed by atoms with Crippen molar-refractivity contribution in [3.05, 3.63) is 23.8 Å². The Kier molecular flexibility index (Phi) is 4.29. The molecule has 2 aliphatic heterocycles. The quantitative estimate of drug-likeness (QED) is 0.855. The third-order valence-corrected chi connectivity index (χ3v) is 4.03. The molecule has 1 amide bonds. The molecule has 1 saturated heterocycles. The molecule has 114 valence electrons. The number of hydrogen-bond donors (Lipinski definition) is 0. The Morgan fingerprint density at radius 3 is 2.95 bits per heavy atom. The lowest BCUT2D eigenvalue weighted by Crippen LogP contribution is -2.31. The summed E-state index contributed by atoms with van der Waals surface area (Å²) in [6.07, 6.45) is 4.68.